The molecule has 0 radical (unpaired) electrons. The van der Waals surface area contributed by atoms with Gasteiger partial charge in [0.2, 0.25) is 5.95 Å². The molecule has 7 nitrogen and oxygen atoms in total. The van der Waals surface area contributed by atoms with Crippen LogP contribution in [0, 0.1) is 0 Å². The second-order valence-corrected chi connectivity index (χ2v) is 7.94. The van der Waals surface area contributed by atoms with Crippen molar-refractivity contribution in [2.75, 3.05) is 30.0 Å². The van der Waals surface area contributed by atoms with Crippen LogP contribution in [0.15, 0.2) is 42.6 Å². The van der Waals surface area contributed by atoms with Gasteiger partial charge in [0, 0.05) is 30.5 Å². The van der Waals surface area contributed by atoms with Gasteiger partial charge in [0.1, 0.15) is 17.5 Å². The van der Waals surface area contributed by atoms with Gasteiger partial charge in [-0.15, -0.1) is 0 Å². The van der Waals surface area contributed by atoms with E-state index in [0.29, 0.717) is 23.5 Å². The molecule has 7 heteroatoms. The SMILES string of the molecule is CN1CCc2ccc(Nc3ncc(C4CC4)c(Nc4cccc(N)n4)n3)cc2C1. The third-order valence-electron chi connectivity index (χ3n) is 5.52. The largest absolute Gasteiger partial charge is 0.384 e. The molecule has 0 unspecified atom stereocenters. The number of nitrogens with two attached hydrogens (primary N) is 1. The van der Waals surface area contributed by atoms with Gasteiger partial charge in [0.25, 0.3) is 0 Å². The zero-order valence-electron chi connectivity index (χ0n) is 16.5. The molecule has 1 aromatic carbocycles. The summed E-state index contributed by atoms with van der Waals surface area (Å²) in [7, 11) is 2.16. The molecule has 1 fully saturated rings. The number of nitrogen functional groups attached to an aromatic ring is 1. The van der Waals surface area contributed by atoms with Crippen LogP contribution in [0.3, 0.4) is 0 Å². The van der Waals surface area contributed by atoms with Crippen molar-refractivity contribution >= 4 is 29.1 Å². The molecule has 0 spiro atoms. The summed E-state index contributed by atoms with van der Waals surface area (Å²) in [6.07, 6.45) is 5.37. The van der Waals surface area contributed by atoms with E-state index < -0.39 is 0 Å². The molecule has 148 valence electrons. The fourth-order valence-electron chi connectivity index (χ4n) is 3.79. The molecule has 2 aliphatic rings. The lowest BCUT2D eigenvalue weighted by molar-refractivity contribution is 0.313. The van der Waals surface area contributed by atoms with E-state index in [9.17, 15) is 0 Å². The number of aromatic nitrogens is 3. The normalized spacial score (nSPS) is 16.3. The third kappa shape index (κ3) is 4.00. The molecule has 1 aliphatic heterocycles. The van der Waals surface area contributed by atoms with Crippen LogP contribution in [-0.2, 0) is 13.0 Å². The number of anilines is 5. The summed E-state index contributed by atoms with van der Waals surface area (Å²) in [4.78, 5) is 16.0. The maximum Gasteiger partial charge on any atom is 0.229 e. The number of likely N-dealkylation sites (N-methyl/N-ethyl adjacent to an activating group) is 1. The number of benzene rings is 1. The van der Waals surface area contributed by atoms with Crippen molar-refractivity contribution in [1.29, 1.82) is 0 Å². The average Bonchev–Trinajstić information content (AvgIpc) is 3.53. The van der Waals surface area contributed by atoms with Crippen molar-refractivity contribution in [3.63, 3.8) is 0 Å². The van der Waals surface area contributed by atoms with E-state index in [0.717, 1.165) is 36.6 Å². The van der Waals surface area contributed by atoms with Gasteiger partial charge in [-0.05, 0) is 67.6 Å². The number of fused-ring (bicyclic) bond motifs is 1. The second kappa shape index (κ2) is 7.33. The standard InChI is InChI=1S/C22H25N7/c1-29-10-9-14-7-8-17(11-16(14)13-29)25-22-24-12-18(15-5-6-15)21(28-22)27-20-4-2-3-19(23)26-20/h2-4,7-8,11-12,15H,5-6,9-10,13H2,1H3,(H4,23,24,25,26,27,28). The number of rotatable bonds is 5. The maximum absolute atomic E-state index is 5.82. The third-order valence-corrected chi connectivity index (χ3v) is 5.52. The Morgan fingerprint density at radius 2 is 1.97 bits per heavy atom. The highest BCUT2D eigenvalue weighted by Crippen LogP contribution is 2.43. The molecule has 1 aliphatic carbocycles. The summed E-state index contributed by atoms with van der Waals surface area (Å²) >= 11 is 0. The molecule has 1 saturated carbocycles. The first-order chi connectivity index (χ1) is 14.1. The molecular formula is C22H25N7. The van der Waals surface area contributed by atoms with Crippen molar-refractivity contribution in [3.8, 4) is 0 Å². The van der Waals surface area contributed by atoms with Crippen LogP contribution in [0.2, 0.25) is 0 Å². The minimum absolute atomic E-state index is 0.481. The highest BCUT2D eigenvalue weighted by Gasteiger charge is 2.28. The van der Waals surface area contributed by atoms with E-state index in [-0.39, 0.29) is 0 Å². The number of nitrogens with one attached hydrogen (secondary N) is 2. The zero-order valence-corrected chi connectivity index (χ0v) is 16.5. The first-order valence-corrected chi connectivity index (χ1v) is 10.1. The van der Waals surface area contributed by atoms with Crippen LogP contribution in [0.1, 0.15) is 35.4 Å². The fraction of sp³-hybridized carbons (Fsp3) is 0.318. The van der Waals surface area contributed by atoms with Crippen molar-refractivity contribution in [2.24, 2.45) is 0 Å². The minimum Gasteiger partial charge on any atom is -0.384 e. The first kappa shape index (κ1) is 17.9. The van der Waals surface area contributed by atoms with Crippen LogP contribution < -0.4 is 16.4 Å². The number of hydrogen-bond acceptors (Lipinski definition) is 7. The molecule has 4 N–H and O–H groups in total. The number of pyridine rings is 1. The van der Waals surface area contributed by atoms with Gasteiger partial charge in [0.05, 0.1) is 0 Å². The highest BCUT2D eigenvalue weighted by atomic mass is 15.2. The van der Waals surface area contributed by atoms with Crippen LogP contribution in [0.5, 0.6) is 0 Å². The number of hydrogen-bond donors (Lipinski definition) is 3. The lowest BCUT2D eigenvalue weighted by Crippen LogP contribution is -2.26. The quantitative estimate of drug-likeness (QED) is 0.613. The van der Waals surface area contributed by atoms with E-state index in [1.54, 1.807) is 6.07 Å². The Labute approximate surface area is 170 Å². The van der Waals surface area contributed by atoms with Gasteiger partial charge in [-0.3, -0.25) is 0 Å². The molecule has 29 heavy (non-hydrogen) atoms. The topological polar surface area (TPSA) is 92.0 Å². The fourth-order valence-corrected chi connectivity index (χ4v) is 3.79. The molecule has 0 atom stereocenters. The van der Waals surface area contributed by atoms with E-state index in [2.05, 4.69) is 50.7 Å². The molecular weight excluding hydrogens is 362 g/mol. The van der Waals surface area contributed by atoms with Gasteiger partial charge >= 0.3 is 0 Å². The van der Waals surface area contributed by atoms with Crippen LogP contribution in [-0.4, -0.2) is 33.4 Å². The Balaban J connectivity index is 1.41. The first-order valence-electron chi connectivity index (χ1n) is 10.1. The smallest absolute Gasteiger partial charge is 0.229 e. The van der Waals surface area contributed by atoms with Crippen molar-refractivity contribution in [3.05, 3.63) is 59.3 Å². The summed E-state index contributed by atoms with van der Waals surface area (Å²) < 4.78 is 0. The van der Waals surface area contributed by atoms with E-state index in [4.69, 9.17) is 10.7 Å². The van der Waals surface area contributed by atoms with Gasteiger partial charge in [-0.1, -0.05) is 12.1 Å². The molecule has 0 saturated heterocycles. The second-order valence-electron chi connectivity index (χ2n) is 7.94. The maximum atomic E-state index is 5.82. The molecule has 3 aromatic rings. The Morgan fingerprint density at radius 3 is 2.79 bits per heavy atom. The average molecular weight is 387 g/mol. The molecule has 0 bridgehead atoms. The Kier molecular flexibility index (Phi) is 4.52. The molecule has 2 aromatic heterocycles. The summed E-state index contributed by atoms with van der Waals surface area (Å²) in [6.45, 7) is 2.08. The molecule has 3 heterocycles. The van der Waals surface area contributed by atoms with Gasteiger partial charge < -0.3 is 21.3 Å². The summed E-state index contributed by atoms with van der Waals surface area (Å²) in [6, 6.07) is 12.1. The van der Waals surface area contributed by atoms with Gasteiger partial charge in [0.15, 0.2) is 0 Å². The summed E-state index contributed by atoms with van der Waals surface area (Å²) in [5.41, 5.74) is 10.7. The van der Waals surface area contributed by atoms with Crippen LogP contribution in [0.25, 0.3) is 0 Å². The zero-order chi connectivity index (χ0) is 19.8. The van der Waals surface area contributed by atoms with E-state index in [1.807, 2.05) is 18.3 Å². The van der Waals surface area contributed by atoms with Gasteiger partial charge in [-0.2, -0.15) is 4.98 Å². The van der Waals surface area contributed by atoms with Crippen molar-refractivity contribution in [1.82, 2.24) is 19.9 Å². The lowest BCUT2D eigenvalue weighted by atomic mass is 9.99. The Bertz CT molecular complexity index is 1050. The van der Waals surface area contributed by atoms with Crippen molar-refractivity contribution < 1.29 is 0 Å². The highest BCUT2D eigenvalue weighted by molar-refractivity contribution is 5.63. The Hall–Kier alpha value is -3.19. The predicted molar refractivity (Wildman–Crippen MR) is 116 cm³/mol. The van der Waals surface area contributed by atoms with Crippen LogP contribution >= 0.6 is 0 Å². The van der Waals surface area contributed by atoms with Crippen LogP contribution in [0.4, 0.5) is 29.1 Å². The minimum atomic E-state index is 0.481. The van der Waals surface area contributed by atoms with Gasteiger partial charge in [-0.25, -0.2) is 9.97 Å². The Morgan fingerprint density at radius 1 is 1.07 bits per heavy atom. The molecule has 5 rings (SSSR count). The monoisotopic (exact) mass is 387 g/mol. The lowest BCUT2D eigenvalue weighted by Gasteiger charge is -2.25. The summed E-state index contributed by atoms with van der Waals surface area (Å²) in [5.74, 6) is 3.06. The van der Waals surface area contributed by atoms with E-state index >= 15 is 0 Å². The summed E-state index contributed by atoms with van der Waals surface area (Å²) in [5, 5.41) is 6.69. The van der Waals surface area contributed by atoms with E-state index in [1.165, 1.54) is 24.0 Å². The number of nitrogens with zero attached hydrogens (tertiary/aromatic N) is 4. The molecule has 0 amide bonds. The predicted octanol–water partition coefficient (Wildman–Crippen LogP) is 3.81. The van der Waals surface area contributed by atoms with Crippen molar-refractivity contribution in [2.45, 2.75) is 31.7 Å².